The molecule has 5 N–H and O–H groups in total. The molecule has 0 aromatic heterocycles. The second-order valence-electron chi connectivity index (χ2n) is 3.38. The molecule has 0 radical (unpaired) electrons. The van der Waals surface area contributed by atoms with Crippen molar-refractivity contribution in [3.05, 3.63) is 18.2 Å². The van der Waals surface area contributed by atoms with Gasteiger partial charge in [-0.05, 0) is 18.2 Å². The maximum Gasteiger partial charge on any atom is 0.357 e. The molecule has 0 spiro atoms. The summed E-state index contributed by atoms with van der Waals surface area (Å²) in [6.45, 7) is 0. The van der Waals surface area contributed by atoms with Gasteiger partial charge in [-0.25, -0.2) is 0 Å². The highest BCUT2D eigenvalue weighted by molar-refractivity contribution is 7.87. The normalized spacial score (nSPS) is 12.9. The lowest BCUT2D eigenvalue weighted by molar-refractivity contribution is 0.481. The minimum absolute atomic E-state index is 0.575. The Labute approximate surface area is 114 Å². The van der Waals surface area contributed by atoms with Crippen molar-refractivity contribution >= 4 is 42.1 Å². The molecule has 1 rings (SSSR count). The highest BCUT2D eigenvalue weighted by Crippen LogP contribution is 2.23. The quantitative estimate of drug-likeness (QED) is 0.431. The zero-order valence-corrected chi connectivity index (χ0v) is 11.7. The van der Waals surface area contributed by atoms with E-state index < -0.39 is 47.0 Å². The number of hydrogen-bond acceptors (Lipinski definition) is 6. The van der Waals surface area contributed by atoms with Gasteiger partial charge < -0.3 is 0 Å². The standard InChI is InChI=1S/C6H8N2O9S3/c9-18(10,11)6-2-4(7-19(12,13)14)1-5(3-6)8-20(15,16)17/h1-3,7-8H,(H,9,10,11)(H,12,13,14)(H,15,16,17). The predicted molar refractivity (Wildman–Crippen MR) is 66.6 cm³/mol. The van der Waals surface area contributed by atoms with Crippen LogP contribution in [0.2, 0.25) is 0 Å². The summed E-state index contributed by atoms with van der Waals surface area (Å²) in [6.07, 6.45) is 0. The summed E-state index contributed by atoms with van der Waals surface area (Å²) < 4.78 is 93.1. The van der Waals surface area contributed by atoms with E-state index in [0.717, 1.165) is 6.07 Å². The fourth-order valence-corrected chi connectivity index (χ4v) is 2.55. The summed E-state index contributed by atoms with van der Waals surface area (Å²) in [5.74, 6) is 0. The fourth-order valence-electron chi connectivity index (χ4n) is 1.16. The molecule has 114 valence electrons. The Bertz CT molecular complexity index is 772. The Morgan fingerprint density at radius 2 is 1.05 bits per heavy atom. The van der Waals surface area contributed by atoms with Crippen molar-refractivity contribution in [2.75, 3.05) is 9.44 Å². The lowest BCUT2D eigenvalue weighted by Crippen LogP contribution is -2.14. The van der Waals surface area contributed by atoms with Crippen LogP contribution in [0.5, 0.6) is 0 Å². The van der Waals surface area contributed by atoms with Crippen LogP contribution in [0.3, 0.4) is 0 Å². The van der Waals surface area contributed by atoms with Crippen LogP contribution in [-0.2, 0) is 30.7 Å². The Hall–Kier alpha value is -1.45. The highest BCUT2D eigenvalue weighted by atomic mass is 32.2. The van der Waals surface area contributed by atoms with Gasteiger partial charge in [-0.2, -0.15) is 25.3 Å². The molecule has 11 nitrogen and oxygen atoms in total. The van der Waals surface area contributed by atoms with Crippen LogP contribution < -0.4 is 9.44 Å². The highest BCUT2D eigenvalue weighted by Gasteiger charge is 2.16. The fraction of sp³-hybridized carbons (Fsp3) is 0. The SMILES string of the molecule is O=S(=O)(O)Nc1cc(NS(=O)(=O)O)cc(S(=O)(=O)O)c1. The first kappa shape index (κ1) is 16.6. The summed E-state index contributed by atoms with van der Waals surface area (Å²) in [7, 11) is -14.3. The molecule has 0 amide bonds. The Morgan fingerprint density at radius 1 is 0.700 bits per heavy atom. The molecule has 14 heteroatoms. The van der Waals surface area contributed by atoms with Gasteiger partial charge in [0.25, 0.3) is 10.1 Å². The van der Waals surface area contributed by atoms with E-state index in [9.17, 15) is 25.3 Å². The van der Waals surface area contributed by atoms with Crippen molar-refractivity contribution in [3.63, 3.8) is 0 Å². The molecule has 1 aromatic carbocycles. The first-order valence-corrected chi connectivity index (χ1v) is 8.71. The van der Waals surface area contributed by atoms with Crippen LogP contribution in [0.25, 0.3) is 0 Å². The van der Waals surface area contributed by atoms with Gasteiger partial charge in [-0.3, -0.25) is 23.1 Å². The molecule has 0 heterocycles. The molecule has 20 heavy (non-hydrogen) atoms. The van der Waals surface area contributed by atoms with Crippen LogP contribution in [0, 0.1) is 0 Å². The van der Waals surface area contributed by atoms with E-state index in [-0.39, 0.29) is 0 Å². The molecule has 0 atom stereocenters. The molecule has 0 unspecified atom stereocenters. The topological polar surface area (TPSA) is 187 Å². The summed E-state index contributed by atoms with van der Waals surface area (Å²) >= 11 is 0. The molecule has 0 aliphatic rings. The van der Waals surface area contributed by atoms with Gasteiger partial charge in [0.05, 0.1) is 16.3 Å². The average Bonchev–Trinajstić information content (AvgIpc) is 2.09. The van der Waals surface area contributed by atoms with Gasteiger partial charge in [0.2, 0.25) is 0 Å². The monoisotopic (exact) mass is 348 g/mol. The van der Waals surface area contributed by atoms with Gasteiger partial charge in [0.1, 0.15) is 0 Å². The maximum atomic E-state index is 10.9. The molecule has 0 fully saturated rings. The minimum atomic E-state index is -4.79. The van der Waals surface area contributed by atoms with E-state index in [2.05, 4.69) is 0 Å². The molecule has 1 aromatic rings. The van der Waals surface area contributed by atoms with E-state index in [1.54, 1.807) is 0 Å². The van der Waals surface area contributed by atoms with Gasteiger partial charge >= 0.3 is 20.6 Å². The number of benzene rings is 1. The van der Waals surface area contributed by atoms with Gasteiger partial charge in [0.15, 0.2) is 0 Å². The molecular weight excluding hydrogens is 340 g/mol. The van der Waals surface area contributed by atoms with Crippen molar-refractivity contribution in [1.29, 1.82) is 0 Å². The van der Waals surface area contributed by atoms with E-state index >= 15 is 0 Å². The summed E-state index contributed by atoms with van der Waals surface area (Å²) in [5.41, 5.74) is -1.15. The first-order valence-electron chi connectivity index (χ1n) is 4.39. The van der Waals surface area contributed by atoms with Crippen LogP contribution in [0.1, 0.15) is 0 Å². The zero-order valence-electron chi connectivity index (χ0n) is 9.25. The Balaban J connectivity index is 3.43. The number of anilines is 2. The molecule has 0 aliphatic carbocycles. The summed E-state index contributed by atoms with van der Waals surface area (Å²) in [5, 5.41) is 0. The van der Waals surface area contributed by atoms with Crippen molar-refractivity contribution in [3.8, 4) is 0 Å². The second-order valence-corrected chi connectivity index (χ2v) is 7.11. The minimum Gasteiger partial charge on any atom is -0.282 e. The van der Waals surface area contributed by atoms with Crippen molar-refractivity contribution in [1.82, 2.24) is 0 Å². The van der Waals surface area contributed by atoms with Crippen LogP contribution in [-0.4, -0.2) is 38.9 Å². The Morgan fingerprint density at radius 3 is 1.30 bits per heavy atom. The van der Waals surface area contributed by atoms with E-state index in [1.807, 2.05) is 0 Å². The van der Waals surface area contributed by atoms with Crippen molar-refractivity contribution in [2.24, 2.45) is 0 Å². The maximum absolute atomic E-state index is 10.9. The Kier molecular flexibility index (Phi) is 4.28. The molecule has 0 bridgehead atoms. The van der Waals surface area contributed by atoms with Crippen molar-refractivity contribution in [2.45, 2.75) is 4.90 Å². The van der Waals surface area contributed by atoms with E-state index in [0.29, 0.717) is 12.1 Å². The smallest absolute Gasteiger partial charge is 0.282 e. The van der Waals surface area contributed by atoms with Crippen LogP contribution >= 0.6 is 0 Å². The zero-order chi connectivity index (χ0) is 15.8. The first-order chi connectivity index (χ1) is 8.76. The lowest BCUT2D eigenvalue weighted by atomic mass is 10.3. The third kappa shape index (κ3) is 5.68. The van der Waals surface area contributed by atoms with E-state index in [4.69, 9.17) is 13.7 Å². The molecular formula is C6H8N2O9S3. The van der Waals surface area contributed by atoms with Gasteiger partial charge in [-0.1, -0.05) is 0 Å². The number of hydrogen-bond donors (Lipinski definition) is 5. The molecule has 0 aliphatic heterocycles. The third-order valence-electron chi connectivity index (χ3n) is 1.70. The second kappa shape index (κ2) is 5.15. The number of nitrogens with one attached hydrogen (secondary N) is 2. The van der Waals surface area contributed by atoms with Crippen LogP contribution in [0.15, 0.2) is 23.1 Å². The largest absolute Gasteiger partial charge is 0.357 e. The third-order valence-corrected chi connectivity index (χ3v) is 3.52. The summed E-state index contributed by atoms with van der Waals surface area (Å²) in [6, 6.07) is 1.97. The van der Waals surface area contributed by atoms with Crippen LogP contribution in [0.4, 0.5) is 11.4 Å². The van der Waals surface area contributed by atoms with E-state index in [1.165, 1.54) is 9.44 Å². The average molecular weight is 348 g/mol. The number of rotatable bonds is 5. The van der Waals surface area contributed by atoms with Gasteiger partial charge in [0, 0.05) is 0 Å². The molecule has 0 saturated heterocycles. The molecule has 0 saturated carbocycles. The lowest BCUT2D eigenvalue weighted by Gasteiger charge is -2.09. The van der Waals surface area contributed by atoms with Crippen molar-refractivity contribution < 1.29 is 38.9 Å². The predicted octanol–water partition coefficient (Wildman–Crippen LogP) is -0.637. The summed E-state index contributed by atoms with van der Waals surface area (Å²) in [4.78, 5) is -0.877. The van der Waals surface area contributed by atoms with Gasteiger partial charge in [-0.15, -0.1) is 0 Å².